The first-order chi connectivity index (χ1) is 8.88. The van der Waals surface area contributed by atoms with E-state index in [0.717, 1.165) is 5.69 Å². The van der Waals surface area contributed by atoms with Crippen molar-refractivity contribution in [2.24, 2.45) is 5.92 Å². The summed E-state index contributed by atoms with van der Waals surface area (Å²) in [5.41, 5.74) is 0.0717. The Bertz CT molecular complexity index is 402. The van der Waals surface area contributed by atoms with Crippen LogP contribution < -0.4 is 10.4 Å². The van der Waals surface area contributed by atoms with Crippen LogP contribution in [0.4, 0.5) is 5.69 Å². The van der Waals surface area contributed by atoms with Gasteiger partial charge < -0.3 is 5.32 Å². The molecular weight excluding hydrogens is 240 g/mol. The van der Waals surface area contributed by atoms with Gasteiger partial charge in [0.15, 0.2) is 5.78 Å². The van der Waals surface area contributed by atoms with Crippen molar-refractivity contribution >= 4 is 11.5 Å². The number of hydrogen-bond donors (Lipinski definition) is 1. The third-order valence-electron chi connectivity index (χ3n) is 2.80. The maximum absolute atomic E-state index is 12.2. The largest absolute Gasteiger partial charge is 0.301 e. The number of anilines is 1. The maximum Gasteiger partial charge on any atom is 0.169 e. The lowest BCUT2D eigenvalue weighted by Crippen LogP contribution is -2.46. The fourth-order valence-corrected chi connectivity index (χ4v) is 1.93. The summed E-state index contributed by atoms with van der Waals surface area (Å²) in [5.74, 6) is 0.0340. The summed E-state index contributed by atoms with van der Waals surface area (Å²) in [5, 5.41) is 4.76. The number of para-hydroxylation sites is 1. The quantitative estimate of drug-likeness (QED) is 0.607. The Morgan fingerprint density at radius 3 is 2.37 bits per heavy atom. The van der Waals surface area contributed by atoms with Gasteiger partial charge in [0.1, 0.15) is 5.60 Å². The highest BCUT2D eigenvalue weighted by Crippen LogP contribution is 2.22. The zero-order valence-corrected chi connectivity index (χ0v) is 12.4. The van der Waals surface area contributed by atoms with Crippen molar-refractivity contribution in [3.8, 4) is 0 Å². The highest BCUT2D eigenvalue weighted by Gasteiger charge is 2.33. The van der Waals surface area contributed by atoms with Crippen molar-refractivity contribution in [3.05, 3.63) is 30.3 Å². The molecule has 1 aromatic rings. The van der Waals surface area contributed by atoms with Crippen LogP contribution in [-0.2, 0) is 9.63 Å². The maximum atomic E-state index is 12.2. The third kappa shape index (κ3) is 4.33. The van der Waals surface area contributed by atoms with Crippen molar-refractivity contribution in [2.75, 3.05) is 18.8 Å². The van der Waals surface area contributed by atoms with Crippen LogP contribution >= 0.6 is 0 Å². The molecule has 0 aliphatic heterocycles. The SMILES string of the molecule is CNCN(OC(C)(C)C(=O)C(C)C)c1ccccc1. The highest BCUT2D eigenvalue weighted by molar-refractivity contribution is 5.88. The Hall–Kier alpha value is -1.39. The Balaban J connectivity index is 2.87. The number of hydrogen-bond acceptors (Lipinski definition) is 4. The number of nitrogens with zero attached hydrogens (tertiary/aromatic N) is 1. The summed E-state index contributed by atoms with van der Waals surface area (Å²) < 4.78 is 0. The molecule has 0 aliphatic rings. The second-order valence-corrected chi connectivity index (χ2v) is 5.35. The van der Waals surface area contributed by atoms with E-state index in [-0.39, 0.29) is 11.7 Å². The monoisotopic (exact) mass is 264 g/mol. The molecule has 106 valence electrons. The van der Waals surface area contributed by atoms with E-state index in [1.807, 2.05) is 51.2 Å². The molecule has 1 rings (SSSR count). The van der Waals surface area contributed by atoms with Crippen LogP contribution in [0.2, 0.25) is 0 Å². The molecule has 0 bridgehead atoms. The number of carbonyl (C=O) groups is 1. The Morgan fingerprint density at radius 2 is 1.89 bits per heavy atom. The van der Waals surface area contributed by atoms with Crippen LogP contribution in [0.15, 0.2) is 30.3 Å². The van der Waals surface area contributed by atoms with Crippen molar-refractivity contribution in [1.82, 2.24) is 5.32 Å². The van der Waals surface area contributed by atoms with Crippen molar-refractivity contribution in [1.29, 1.82) is 0 Å². The minimum Gasteiger partial charge on any atom is -0.301 e. The van der Waals surface area contributed by atoms with Crippen LogP contribution in [0.3, 0.4) is 0 Å². The molecule has 0 saturated heterocycles. The second-order valence-electron chi connectivity index (χ2n) is 5.35. The van der Waals surface area contributed by atoms with Gasteiger partial charge in [0.05, 0.1) is 12.4 Å². The number of ketones is 1. The molecule has 0 radical (unpaired) electrons. The highest BCUT2D eigenvalue weighted by atomic mass is 16.7. The predicted octanol–water partition coefficient (Wildman–Crippen LogP) is 2.61. The van der Waals surface area contributed by atoms with Gasteiger partial charge in [0, 0.05) is 5.92 Å². The molecule has 1 aromatic carbocycles. The van der Waals surface area contributed by atoms with Crippen LogP contribution in [0.1, 0.15) is 27.7 Å². The number of hydroxylamine groups is 1. The fourth-order valence-electron chi connectivity index (χ4n) is 1.93. The van der Waals surface area contributed by atoms with Gasteiger partial charge in [-0.2, -0.15) is 0 Å². The van der Waals surface area contributed by atoms with Crippen LogP contribution in [-0.4, -0.2) is 25.1 Å². The van der Waals surface area contributed by atoms with E-state index in [2.05, 4.69) is 5.32 Å². The third-order valence-corrected chi connectivity index (χ3v) is 2.80. The molecule has 0 heterocycles. The normalized spacial score (nSPS) is 11.7. The van der Waals surface area contributed by atoms with Gasteiger partial charge in [-0.1, -0.05) is 32.0 Å². The molecule has 0 saturated carbocycles. The van der Waals surface area contributed by atoms with E-state index in [0.29, 0.717) is 6.67 Å². The zero-order valence-electron chi connectivity index (χ0n) is 12.4. The van der Waals surface area contributed by atoms with Gasteiger partial charge in [-0.15, -0.1) is 0 Å². The molecule has 4 heteroatoms. The molecular formula is C15H24N2O2. The summed E-state index contributed by atoms with van der Waals surface area (Å²) >= 11 is 0. The molecule has 0 atom stereocenters. The van der Waals surface area contributed by atoms with E-state index >= 15 is 0 Å². The number of benzene rings is 1. The molecule has 0 aromatic heterocycles. The van der Waals surface area contributed by atoms with Gasteiger partial charge in [-0.25, -0.2) is 5.06 Å². The lowest BCUT2D eigenvalue weighted by Gasteiger charge is -2.33. The number of Topliss-reactive ketones (excluding diaryl/α,β-unsaturated/α-hetero) is 1. The van der Waals surface area contributed by atoms with Gasteiger partial charge in [0.2, 0.25) is 0 Å². The Kier molecular flexibility index (Phi) is 5.51. The van der Waals surface area contributed by atoms with E-state index < -0.39 is 5.60 Å². The standard InChI is InChI=1S/C15H24N2O2/c1-12(2)14(18)15(3,4)19-17(11-16-5)13-9-7-6-8-10-13/h6-10,12,16H,11H2,1-5H3. The van der Waals surface area contributed by atoms with E-state index in [9.17, 15) is 4.79 Å². The van der Waals surface area contributed by atoms with Crippen molar-refractivity contribution < 1.29 is 9.63 Å². The smallest absolute Gasteiger partial charge is 0.169 e. The van der Waals surface area contributed by atoms with Crippen LogP contribution in [0, 0.1) is 5.92 Å². The molecule has 0 unspecified atom stereocenters. The van der Waals surface area contributed by atoms with Gasteiger partial charge in [-0.05, 0) is 33.0 Å². The first-order valence-electron chi connectivity index (χ1n) is 6.59. The Morgan fingerprint density at radius 1 is 1.32 bits per heavy atom. The molecule has 0 aliphatic carbocycles. The van der Waals surface area contributed by atoms with Crippen LogP contribution in [0.25, 0.3) is 0 Å². The van der Waals surface area contributed by atoms with Gasteiger partial charge in [0.25, 0.3) is 0 Å². The van der Waals surface area contributed by atoms with Crippen LogP contribution in [0.5, 0.6) is 0 Å². The van der Waals surface area contributed by atoms with E-state index in [1.54, 1.807) is 18.9 Å². The molecule has 1 N–H and O–H groups in total. The number of carbonyl (C=O) groups excluding carboxylic acids is 1. The molecule has 0 spiro atoms. The fraction of sp³-hybridized carbons (Fsp3) is 0.533. The Labute approximate surface area is 115 Å². The first kappa shape index (κ1) is 15.7. The number of rotatable bonds is 7. The van der Waals surface area contributed by atoms with Gasteiger partial charge in [-0.3, -0.25) is 9.63 Å². The second kappa shape index (κ2) is 6.68. The van der Waals surface area contributed by atoms with Crippen molar-refractivity contribution in [2.45, 2.75) is 33.3 Å². The minimum absolute atomic E-state index is 0.0535. The molecule has 0 amide bonds. The topological polar surface area (TPSA) is 41.6 Å². The molecule has 4 nitrogen and oxygen atoms in total. The average Bonchev–Trinajstić information content (AvgIpc) is 2.38. The summed E-state index contributed by atoms with van der Waals surface area (Å²) in [6.07, 6.45) is 0. The summed E-state index contributed by atoms with van der Waals surface area (Å²) in [6, 6.07) is 9.74. The lowest BCUT2D eigenvalue weighted by molar-refractivity contribution is -0.145. The van der Waals surface area contributed by atoms with Crippen molar-refractivity contribution in [3.63, 3.8) is 0 Å². The zero-order chi connectivity index (χ0) is 14.5. The first-order valence-corrected chi connectivity index (χ1v) is 6.59. The molecule has 19 heavy (non-hydrogen) atoms. The minimum atomic E-state index is -0.846. The summed E-state index contributed by atoms with van der Waals surface area (Å²) in [7, 11) is 1.84. The summed E-state index contributed by atoms with van der Waals surface area (Å²) in [6.45, 7) is 7.90. The molecule has 0 fully saturated rings. The number of nitrogens with one attached hydrogen (secondary N) is 1. The summed E-state index contributed by atoms with van der Waals surface area (Å²) in [4.78, 5) is 18.1. The van der Waals surface area contributed by atoms with E-state index in [1.165, 1.54) is 0 Å². The van der Waals surface area contributed by atoms with Gasteiger partial charge >= 0.3 is 0 Å². The average molecular weight is 264 g/mol. The predicted molar refractivity (Wildman–Crippen MR) is 77.9 cm³/mol. The van der Waals surface area contributed by atoms with E-state index in [4.69, 9.17) is 4.84 Å². The lowest BCUT2D eigenvalue weighted by atomic mass is 9.94.